The third-order valence-electron chi connectivity index (χ3n) is 2.32. The van der Waals surface area contributed by atoms with Crippen LogP contribution < -0.4 is 0 Å². The predicted molar refractivity (Wildman–Crippen MR) is 67.8 cm³/mol. The van der Waals surface area contributed by atoms with Gasteiger partial charge in [0.05, 0.1) is 18.8 Å². The fraction of sp³-hybridized carbons (Fsp3) is 0.667. The molecule has 1 rings (SSSR count). The second-order valence-electron chi connectivity index (χ2n) is 3.65. The molecule has 0 aromatic carbocycles. The number of hydrogen-bond donors (Lipinski definition) is 0. The second-order valence-corrected chi connectivity index (χ2v) is 5.02. The van der Waals surface area contributed by atoms with E-state index in [0.717, 1.165) is 5.75 Å². The minimum absolute atomic E-state index is 0.219. The first kappa shape index (κ1) is 14.9. The van der Waals surface area contributed by atoms with E-state index in [9.17, 15) is 9.59 Å². The van der Waals surface area contributed by atoms with Crippen LogP contribution in [0.25, 0.3) is 0 Å². The summed E-state index contributed by atoms with van der Waals surface area (Å²) >= 11 is 1.55. The molecule has 0 aromatic heterocycles. The highest BCUT2D eigenvalue weighted by Gasteiger charge is 2.39. The van der Waals surface area contributed by atoms with Gasteiger partial charge in [0.2, 0.25) is 6.10 Å². The summed E-state index contributed by atoms with van der Waals surface area (Å²) in [6, 6.07) is 0. The van der Waals surface area contributed by atoms with Gasteiger partial charge in [-0.25, -0.2) is 4.79 Å². The van der Waals surface area contributed by atoms with Crippen molar-refractivity contribution in [3.8, 4) is 0 Å². The third-order valence-corrected chi connectivity index (χ3v) is 3.41. The van der Waals surface area contributed by atoms with Crippen molar-refractivity contribution in [3.63, 3.8) is 0 Å². The van der Waals surface area contributed by atoms with Crippen molar-refractivity contribution in [2.45, 2.75) is 32.3 Å². The maximum atomic E-state index is 11.8. The molecule has 0 amide bonds. The van der Waals surface area contributed by atoms with E-state index in [1.54, 1.807) is 24.8 Å². The fourth-order valence-electron chi connectivity index (χ4n) is 1.64. The molecule has 0 unspecified atom stereocenters. The van der Waals surface area contributed by atoms with Crippen LogP contribution in [0.5, 0.6) is 0 Å². The van der Waals surface area contributed by atoms with Gasteiger partial charge in [0.15, 0.2) is 5.44 Å². The molecular formula is C12H18O5S. The van der Waals surface area contributed by atoms with Crippen molar-refractivity contribution in [3.05, 3.63) is 12.3 Å². The van der Waals surface area contributed by atoms with Crippen LogP contribution in [-0.4, -0.2) is 35.8 Å². The quantitative estimate of drug-likeness (QED) is 0.687. The summed E-state index contributed by atoms with van der Waals surface area (Å²) in [4.78, 5) is 22.9. The molecule has 0 saturated heterocycles. The summed E-state index contributed by atoms with van der Waals surface area (Å²) in [6.45, 7) is 5.23. The van der Waals surface area contributed by atoms with Crippen LogP contribution in [0.4, 0.5) is 0 Å². The first-order chi connectivity index (χ1) is 8.60. The number of thioether (sulfide) groups is 1. The number of carbonyl (C=O) groups is 2. The van der Waals surface area contributed by atoms with Crippen LogP contribution >= 0.6 is 11.8 Å². The standard InChI is InChI=1S/C12H18O5S/c1-4-15-11(14)10(17-8(3)13)9-6-7-16-12(9)18-5-2/h6-7,9-10,12H,4-5H2,1-3H3/t9-,10+,12-/m0/s1. The monoisotopic (exact) mass is 274 g/mol. The van der Waals surface area contributed by atoms with E-state index in [1.807, 2.05) is 6.92 Å². The Hall–Kier alpha value is -1.17. The van der Waals surface area contributed by atoms with Gasteiger partial charge in [0.25, 0.3) is 0 Å². The largest absolute Gasteiger partial charge is 0.487 e. The minimum Gasteiger partial charge on any atom is -0.487 e. The normalized spacial score (nSPS) is 23.3. The van der Waals surface area contributed by atoms with E-state index in [2.05, 4.69) is 0 Å². The van der Waals surface area contributed by atoms with Crippen molar-refractivity contribution in [1.29, 1.82) is 0 Å². The van der Waals surface area contributed by atoms with Gasteiger partial charge in [-0.1, -0.05) is 6.92 Å². The predicted octanol–water partition coefficient (Wildman–Crippen LogP) is 1.72. The second kappa shape index (κ2) is 7.31. The third kappa shape index (κ3) is 3.94. The summed E-state index contributed by atoms with van der Waals surface area (Å²) in [6.07, 6.45) is 2.33. The zero-order chi connectivity index (χ0) is 13.5. The highest BCUT2D eigenvalue weighted by atomic mass is 32.2. The van der Waals surface area contributed by atoms with E-state index in [1.165, 1.54) is 13.2 Å². The van der Waals surface area contributed by atoms with Crippen molar-refractivity contribution in [2.24, 2.45) is 5.92 Å². The van der Waals surface area contributed by atoms with Crippen molar-refractivity contribution in [2.75, 3.05) is 12.4 Å². The van der Waals surface area contributed by atoms with E-state index in [4.69, 9.17) is 14.2 Å². The Morgan fingerprint density at radius 1 is 1.44 bits per heavy atom. The average molecular weight is 274 g/mol. The van der Waals surface area contributed by atoms with Crippen molar-refractivity contribution < 1.29 is 23.8 Å². The average Bonchev–Trinajstić information content (AvgIpc) is 2.74. The van der Waals surface area contributed by atoms with Crippen LogP contribution in [0, 0.1) is 5.92 Å². The molecule has 1 aliphatic heterocycles. The number of rotatable bonds is 6. The molecule has 18 heavy (non-hydrogen) atoms. The Morgan fingerprint density at radius 2 is 2.17 bits per heavy atom. The van der Waals surface area contributed by atoms with Gasteiger partial charge in [-0.05, 0) is 18.8 Å². The van der Waals surface area contributed by atoms with Crippen molar-refractivity contribution in [1.82, 2.24) is 0 Å². The van der Waals surface area contributed by atoms with Crippen LogP contribution in [0.1, 0.15) is 20.8 Å². The number of ether oxygens (including phenoxy) is 3. The fourth-order valence-corrected chi connectivity index (χ4v) is 2.57. The zero-order valence-electron chi connectivity index (χ0n) is 10.8. The topological polar surface area (TPSA) is 61.8 Å². The summed E-state index contributed by atoms with van der Waals surface area (Å²) in [5.74, 6) is -0.501. The Morgan fingerprint density at radius 3 is 2.72 bits per heavy atom. The first-order valence-electron chi connectivity index (χ1n) is 5.87. The molecule has 0 N–H and O–H groups in total. The molecule has 1 heterocycles. The number of esters is 2. The summed E-state index contributed by atoms with van der Waals surface area (Å²) in [7, 11) is 0. The highest BCUT2D eigenvalue weighted by molar-refractivity contribution is 7.99. The first-order valence-corrected chi connectivity index (χ1v) is 6.92. The Labute approximate surface area is 111 Å². The zero-order valence-corrected chi connectivity index (χ0v) is 11.6. The molecule has 3 atom stereocenters. The van der Waals surface area contributed by atoms with E-state index >= 15 is 0 Å². The molecule has 5 nitrogen and oxygen atoms in total. The molecule has 0 fully saturated rings. The molecule has 0 bridgehead atoms. The lowest BCUT2D eigenvalue weighted by atomic mass is 10.0. The Kier molecular flexibility index (Phi) is 6.04. The van der Waals surface area contributed by atoms with Gasteiger partial charge in [0.1, 0.15) is 0 Å². The lowest BCUT2D eigenvalue weighted by molar-refractivity contribution is -0.169. The number of carbonyl (C=O) groups excluding carboxylic acids is 2. The van der Waals surface area contributed by atoms with E-state index in [-0.39, 0.29) is 18.0 Å². The molecule has 102 valence electrons. The molecule has 0 spiro atoms. The molecule has 0 saturated carbocycles. The minimum atomic E-state index is -0.940. The molecule has 1 aliphatic rings. The van der Waals surface area contributed by atoms with E-state index in [0.29, 0.717) is 0 Å². The number of hydrogen-bond acceptors (Lipinski definition) is 6. The lowest BCUT2D eigenvalue weighted by Gasteiger charge is -2.24. The van der Waals surface area contributed by atoms with Crippen LogP contribution in [0.2, 0.25) is 0 Å². The maximum absolute atomic E-state index is 11.8. The molecular weight excluding hydrogens is 256 g/mol. The maximum Gasteiger partial charge on any atom is 0.348 e. The van der Waals surface area contributed by atoms with Gasteiger partial charge in [-0.2, -0.15) is 0 Å². The lowest BCUT2D eigenvalue weighted by Crippen LogP contribution is -2.38. The van der Waals surface area contributed by atoms with E-state index < -0.39 is 18.0 Å². The van der Waals surface area contributed by atoms with Gasteiger partial charge in [-0.15, -0.1) is 11.8 Å². The smallest absolute Gasteiger partial charge is 0.348 e. The summed E-state index contributed by atoms with van der Waals surface area (Å²) < 4.78 is 15.4. The molecule has 6 heteroatoms. The van der Waals surface area contributed by atoms with Crippen LogP contribution in [-0.2, 0) is 23.8 Å². The Bertz CT molecular complexity index is 328. The van der Waals surface area contributed by atoms with Crippen LogP contribution in [0.3, 0.4) is 0 Å². The van der Waals surface area contributed by atoms with Gasteiger partial charge >= 0.3 is 11.9 Å². The molecule has 0 aliphatic carbocycles. The SMILES string of the molecule is CCOC(=O)[C@H](OC(C)=O)[C@@H]1C=CO[C@H]1SCC. The van der Waals surface area contributed by atoms with Crippen LogP contribution in [0.15, 0.2) is 12.3 Å². The molecule has 0 aromatic rings. The van der Waals surface area contributed by atoms with Crippen molar-refractivity contribution >= 4 is 23.7 Å². The summed E-state index contributed by atoms with van der Waals surface area (Å²) in [5, 5.41) is 0. The highest BCUT2D eigenvalue weighted by Crippen LogP contribution is 2.31. The van der Waals surface area contributed by atoms with Gasteiger partial charge in [0, 0.05) is 6.92 Å². The van der Waals surface area contributed by atoms with Gasteiger partial charge in [-0.3, -0.25) is 4.79 Å². The van der Waals surface area contributed by atoms with Gasteiger partial charge < -0.3 is 14.2 Å². The summed E-state index contributed by atoms with van der Waals surface area (Å²) in [5.41, 5.74) is -0.219. The molecule has 0 radical (unpaired) electrons. The Balaban J connectivity index is 2.77.